The molecule has 0 bridgehead atoms. The maximum atomic E-state index is 6.46. The zero-order valence-electron chi connectivity index (χ0n) is 20.8. The van der Waals surface area contributed by atoms with E-state index >= 15 is 0 Å². The lowest BCUT2D eigenvalue weighted by Crippen LogP contribution is -2.58. The molecule has 0 saturated carbocycles. The van der Waals surface area contributed by atoms with Crippen LogP contribution < -0.4 is 10.0 Å². The van der Waals surface area contributed by atoms with E-state index in [-0.39, 0.29) is 0 Å². The Morgan fingerprint density at radius 2 is 1.73 bits per heavy atom. The van der Waals surface area contributed by atoms with E-state index < -0.39 is 17.0 Å². The molecule has 11 nitrogen and oxygen atoms in total. The van der Waals surface area contributed by atoms with Crippen molar-refractivity contribution >= 4 is 34.6 Å². The van der Waals surface area contributed by atoms with Gasteiger partial charge in [0.05, 0.1) is 29.5 Å². The molecule has 1 aliphatic rings. The summed E-state index contributed by atoms with van der Waals surface area (Å²) in [5.41, 5.74) is 0.571. The fourth-order valence-corrected chi connectivity index (χ4v) is 7.69. The summed E-state index contributed by atoms with van der Waals surface area (Å²) in [6, 6.07) is 15.7. The molecule has 2 atom stereocenters. The van der Waals surface area contributed by atoms with Gasteiger partial charge < -0.3 is 19.4 Å². The number of hydrogen-bond acceptors (Lipinski definition) is 9. The molecule has 2 unspecified atom stereocenters. The van der Waals surface area contributed by atoms with Gasteiger partial charge in [0.15, 0.2) is 5.54 Å². The summed E-state index contributed by atoms with van der Waals surface area (Å²) in [5.74, 6) is 2.09. The molecule has 7 aromatic heterocycles. The number of hydrazine groups is 1. The molecule has 0 radical (unpaired) electrons. The first-order valence-corrected chi connectivity index (χ1v) is 14.3. The van der Waals surface area contributed by atoms with Crippen molar-refractivity contribution in [3.05, 3.63) is 131 Å². The smallest absolute Gasteiger partial charge is 0.223 e. The number of hydrogen-bond donors (Lipinski definition) is 4. The van der Waals surface area contributed by atoms with Crippen molar-refractivity contribution in [2.75, 3.05) is 10.0 Å². The quantitative estimate of drug-likeness (QED) is 0.208. The van der Waals surface area contributed by atoms with E-state index in [4.69, 9.17) is 18.8 Å². The molecule has 13 heteroatoms. The van der Waals surface area contributed by atoms with Gasteiger partial charge in [-0.2, -0.15) is 9.47 Å². The van der Waals surface area contributed by atoms with Crippen molar-refractivity contribution in [2.24, 2.45) is 0 Å². The third-order valence-electron chi connectivity index (χ3n) is 7.59. The molecule has 40 heavy (non-hydrogen) atoms. The van der Waals surface area contributed by atoms with E-state index in [0.29, 0.717) is 5.95 Å². The second-order valence-corrected chi connectivity index (χ2v) is 10.9. The second-order valence-electron chi connectivity index (χ2n) is 9.33. The normalized spacial score (nSPS) is 20.4. The van der Waals surface area contributed by atoms with E-state index in [9.17, 15) is 0 Å². The van der Waals surface area contributed by atoms with E-state index in [0.717, 1.165) is 33.7 Å². The van der Waals surface area contributed by atoms with E-state index in [2.05, 4.69) is 53.4 Å². The maximum absolute atomic E-state index is 6.46. The van der Waals surface area contributed by atoms with Gasteiger partial charge in [0, 0.05) is 47.8 Å². The van der Waals surface area contributed by atoms with Gasteiger partial charge in [-0.3, -0.25) is 10.1 Å². The molecule has 0 amide bonds. The number of aromatic nitrogens is 8. The van der Waals surface area contributed by atoms with Gasteiger partial charge in [-0.15, -0.1) is 11.3 Å². The highest BCUT2D eigenvalue weighted by Gasteiger charge is 2.76. The number of furan rings is 1. The minimum Gasteiger partial charge on any atom is -0.468 e. The van der Waals surface area contributed by atoms with Crippen LogP contribution in [0.4, 0.5) is 11.8 Å². The first kappa shape index (κ1) is 23.0. The maximum Gasteiger partial charge on any atom is 0.223 e. The monoisotopic (exact) mass is 566 g/mol. The summed E-state index contributed by atoms with van der Waals surface area (Å²) in [5, 5.41) is 16.8. The van der Waals surface area contributed by atoms with Gasteiger partial charge in [0.25, 0.3) is 0 Å². The Hall–Kier alpha value is -4.88. The molecule has 0 spiro atoms. The number of rotatable bonds is 7. The number of H-pyrrole nitrogens is 4. The van der Waals surface area contributed by atoms with Crippen molar-refractivity contribution in [3.8, 4) is 0 Å². The Labute approximate surface area is 235 Å². The summed E-state index contributed by atoms with van der Waals surface area (Å²) < 4.78 is 11.5. The lowest BCUT2D eigenvalue weighted by atomic mass is 9.59. The van der Waals surface area contributed by atoms with Gasteiger partial charge >= 0.3 is 0 Å². The highest BCUT2D eigenvalue weighted by atomic mass is 32.1. The third kappa shape index (κ3) is 2.87. The highest BCUT2D eigenvalue weighted by molar-refractivity contribution is 7.09. The Morgan fingerprint density at radius 1 is 0.850 bits per heavy atom. The molecule has 0 aromatic carbocycles. The molecule has 0 aliphatic carbocycles. The van der Waals surface area contributed by atoms with Crippen molar-refractivity contribution in [1.29, 1.82) is 0 Å². The molecule has 8 heterocycles. The topological polar surface area (TPSA) is 134 Å². The van der Waals surface area contributed by atoms with Gasteiger partial charge in [-0.05, 0) is 54.0 Å². The van der Waals surface area contributed by atoms with Crippen molar-refractivity contribution in [2.45, 2.75) is 17.0 Å². The molecule has 1 aliphatic heterocycles. The van der Waals surface area contributed by atoms with Crippen LogP contribution in [-0.2, 0) is 11.0 Å². The van der Waals surface area contributed by atoms with Crippen LogP contribution >= 0.6 is 22.9 Å². The van der Waals surface area contributed by atoms with Crippen LogP contribution in [-0.4, -0.2) is 39.5 Å². The first-order valence-electron chi connectivity index (χ1n) is 12.6. The van der Waals surface area contributed by atoms with Crippen LogP contribution in [0, 0.1) is 0 Å². The third-order valence-corrected chi connectivity index (χ3v) is 8.98. The Bertz CT molecular complexity index is 1570. The Kier molecular flexibility index (Phi) is 5.09. The molecule has 1 saturated heterocycles. The number of imidazole rings is 1. The number of anilines is 2. The Balaban J connectivity index is 1.64. The standard InChI is InChI=1S/C27H22N10OS2/c1-4-19(28-9-1)27(20-5-2-10-29-20)26(18-8-16-40-35-18,21-6-3-15-38-21)23(24-30-14-17-39-24)36(22-7-11-33-34-22)37(27)25-31-12-13-32-25/h1-17,23,28-29H,(H,31,32)(H,33,34). The van der Waals surface area contributed by atoms with Crippen LogP contribution in [0.25, 0.3) is 0 Å². The fourth-order valence-electron chi connectivity index (χ4n) is 6.33. The Morgan fingerprint density at radius 3 is 2.30 bits per heavy atom. The number of nitrogens with one attached hydrogen (secondary N) is 4. The molecule has 8 rings (SSSR count). The van der Waals surface area contributed by atoms with Crippen molar-refractivity contribution in [1.82, 2.24) is 39.5 Å². The molecular formula is C27H22N10OS2. The number of nitrogens with zero attached hydrogens (tertiary/aromatic N) is 6. The van der Waals surface area contributed by atoms with Crippen molar-refractivity contribution in [3.63, 3.8) is 0 Å². The fraction of sp³-hybridized carbons (Fsp3) is 0.111. The molecule has 4 N–H and O–H groups in total. The van der Waals surface area contributed by atoms with E-state index in [1.165, 1.54) is 11.5 Å². The summed E-state index contributed by atoms with van der Waals surface area (Å²) >= 11 is 2.99. The van der Waals surface area contributed by atoms with Gasteiger partial charge in [-0.1, -0.05) is 0 Å². The predicted octanol–water partition coefficient (Wildman–Crippen LogP) is 5.21. The summed E-state index contributed by atoms with van der Waals surface area (Å²) in [4.78, 5) is 20.3. The number of aromatic amines is 4. The number of thiazole rings is 1. The second kappa shape index (κ2) is 8.83. The average molecular weight is 567 g/mol. The van der Waals surface area contributed by atoms with E-state index in [1.807, 2.05) is 65.9 Å². The summed E-state index contributed by atoms with van der Waals surface area (Å²) in [6.45, 7) is 0. The lowest BCUT2D eigenvalue weighted by molar-refractivity contribution is 0.262. The van der Waals surface area contributed by atoms with Gasteiger partial charge in [0.1, 0.15) is 28.0 Å². The minimum absolute atomic E-state index is 0.460. The summed E-state index contributed by atoms with van der Waals surface area (Å²) in [6.07, 6.45) is 12.7. The van der Waals surface area contributed by atoms with E-state index in [1.54, 1.807) is 30.0 Å². The van der Waals surface area contributed by atoms with Crippen LogP contribution in [0.15, 0.2) is 107 Å². The SMILES string of the molecule is c1c[nH]c(C2(c3ccc[nH]3)N(c3ncc[nH]3)N(c3ccn[nH]3)C(c3nccs3)C2(c2ccsn2)c2ccco2)c1. The molecule has 1 fully saturated rings. The molecular weight excluding hydrogens is 545 g/mol. The van der Waals surface area contributed by atoms with Crippen LogP contribution in [0.3, 0.4) is 0 Å². The first-order chi connectivity index (χ1) is 19.9. The zero-order valence-corrected chi connectivity index (χ0v) is 22.4. The van der Waals surface area contributed by atoms with Crippen LogP contribution in [0.5, 0.6) is 0 Å². The van der Waals surface area contributed by atoms with Crippen LogP contribution in [0.1, 0.15) is 33.9 Å². The van der Waals surface area contributed by atoms with Crippen molar-refractivity contribution < 1.29 is 4.42 Å². The zero-order chi connectivity index (χ0) is 26.6. The van der Waals surface area contributed by atoms with Crippen LogP contribution in [0.2, 0.25) is 0 Å². The average Bonchev–Trinajstić information content (AvgIpc) is 3.85. The summed E-state index contributed by atoms with van der Waals surface area (Å²) in [7, 11) is 0. The van der Waals surface area contributed by atoms with Gasteiger partial charge in [-0.25, -0.2) is 15.0 Å². The largest absolute Gasteiger partial charge is 0.468 e. The highest BCUT2D eigenvalue weighted by Crippen LogP contribution is 2.67. The minimum atomic E-state index is -1.05. The van der Waals surface area contributed by atoms with Gasteiger partial charge in [0.2, 0.25) is 5.95 Å². The predicted molar refractivity (Wildman–Crippen MR) is 151 cm³/mol. The molecule has 198 valence electrons. The lowest BCUT2D eigenvalue weighted by Gasteiger charge is -2.46. The molecule has 7 aromatic rings.